The highest BCUT2D eigenvalue weighted by Gasteiger charge is 2.30. The molecule has 0 amide bonds. The molecule has 3 N–H and O–H groups in total. The zero-order chi connectivity index (χ0) is 12.2. The largest absolute Gasteiger partial charge is 0.480 e. The molecule has 1 aliphatic rings. The topological polar surface area (TPSA) is 101 Å². The summed E-state index contributed by atoms with van der Waals surface area (Å²) in [5, 5.41) is 8.52. The molecule has 0 aromatic carbocycles. The van der Waals surface area contributed by atoms with Crippen LogP contribution in [0.2, 0.25) is 0 Å². The highest BCUT2D eigenvalue weighted by molar-refractivity contribution is 7.89. The Kier molecular flexibility index (Phi) is 4.69. The maximum atomic E-state index is 11.7. The van der Waals surface area contributed by atoms with E-state index in [0.717, 1.165) is 19.3 Å². The number of nitrogens with two attached hydrogens (primary N) is 1. The molecule has 0 aromatic rings. The lowest BCUT2D eigenvalue weighted by molar-refractivity contribution is -0.134. The zero-order valence-corrected chi connectivity index (χ0v) is 9.95. The van der Waals surface area contributed by atoms with Gasteiger partial charge in [0.2, 0.25) is 10.0 Å². The summed E-state index contributed by atoms with van der Waals surface area (Å²) in [5.74, 6) is -1.86. The van der Waals surface area contributed by atoms with Crippen molar-refractivity contribution in [3.63, 3.8) is 0 Å². The first-order valence-electron chi connectivity index (χ1n) is 5.35. The highest BCUT2D eigenvalue weighted by atomic mass is 32.2. The Hall–Kier alpha value is -0.660. The lowest BCUT2D eigenvalue weighted by atomic mass is 9.96. The van der Waals surface area contributed by atoms with Gasteiger partial charge in [0.05, 0.1) is 0 Å². The van der Waals surface area contributed by atoms with E-state index in [-0.39, 0.29) is 5.92 Å². The van der Waals surface area contributed by atoms with Crippen molar-refractivity contribution in [3.05, 3.63) is 0 Å². The molecule has 0 aromatic heterocycles. The molecule has 1 unspecified atom stereocenters. The summed E-state index contributed by atoms with van der Waals surface area (Å²) in [7, 11) is -3.64. The van der Waals surface area contributed by atoms with Gasteiger partial charge in [-0.15, -0.1) is 0 Å². The van der Waals surface area contributed by atoms with Gasteiger partial charge in [0.25, 0.3) is 0 Å². The van der Waals surface area contributed by atoms with Crippen LogP contribution in [0.25, 0.3) is 0 Å². The second-order valence-electron chi connectivity index (χ2n) is 4.09. The van der Waals surface area contributed by atoms with Crippen molar-refractivity contribution < 1.29 is 18.3 Å². The molecule has 1 saturated heterocycles. The Morgan fingerprint density at radius 3 is 2.75 bits per heavy atom. The average Bonchev–Trinajstić information content (AvgIpc) is 2.16. The first kappa shape index (κ1) is 13.4. The van der Waals surface area contributed by atoms with Crippen molar-refractivity contribution in [3.8, 4) is 0 Å². The van der Waals surface area contributed by atoms with E-state index in [1.54, 1.807) is 0 Å². The van der Waals surface area contributed by atoms with Gasteiger partial charge in [0.1, 0.15) is 0 Å². The van der Waals surface area contributed by atoms with Crippen LogP contribution in [-0.2, 0) is 14.8 Å². The van der Waals surface area contributed by atoms with Gasteiger partial charge >= 0.3 is 5.97 Å². The smallest absolute Gasteiger partial charge is 0.320 e. The summed E-state index contributed by atoms with van der Waals surface area (Å²) in [6.07, 6.45) is 2.54. The summed E-state index contributed by atoms with van der Waals surface area (Å²) in [4.78, 5) is 10.4. The Bertz CT molecular complexity index is 339. The predicted octanol–water partition coefficient (Wildman–Crippen LogP) is -0.538. The van der Waals surface area contributed by atoms with E-state index in [0.29, 0.717) is 19.6 Å². The van der Waals surface area contributed by atoms with Crippen molar-refractivity contribution >= 4 is 16.0 Å². The Morgan fingerprint density at radius 1 is 1.50 bits per heavy atom. The van der Waals surface area contributed by atoms with E-state index in [9.17, 15) is 13.2 Å². The number of hydrogen-bond donors (Lipinski definition) is 2. The van der Waals surface area contributed by atoms with Gasteiger partial charge in [-0.1, -0.05) is 0 Å². The molecule has 0 aliphatic carbocycles. The van der Waals surface area contributed by atoms with Crippen molar-refractivity contribution in [2.45, 2.75) is 19.3 Å². The minimum absolute atomic E-state index is 0.266. The van der Waals surface area contributed by atoms with Gasteiger partial charge in [-0.25, -0.2) is 12.7 Å². The SMILES string of the molecule is NCCC1CCCN(S(=O)(=O)CC(=O)O)C1. The van der Waals surface area contributed by atoms with E-state index in [1.165, 1.54) is 4.31 Å². The molecule has 1 fully saturated rings. The van der Waals surface area contributed by atoms with Crippen molar-refractivity contribution in [2.24, 2.45) is 11.7 Å². The summed E-state index contributed by atoms with van der Waals surface area (Å²) in [5.41, 5.74) is 5.43. The normalized spacial score (nSPS) is 23.2. The number of piperidine rings is 1. The van der Waals surface area contributed by atoms with Crippen LogP contribution in [0, 0.1) is 5.92 Å². The van der Waals surface area contributed by atoms with Crippen LogP contribution in [0.1, 0.15) is 19.3 Å². The molecule has 7 heteroatoms. The third-order valence-electron chi connectivity index (χ3n) is 2.76. The number of rotatable bonds is 5. The highest BCUT2D eigenvalue weighted by Crippen LogP contribution is 2.21. The van der Waals surface area contributed by atoms with E-state index < -0.39 is 21.7 Å². The lowest BCUT2D eigenvalue weighted by Gasteiger charge is -2.31. The third kappa shape index (κ3) is 3.73. The Balaban J connectivity index is 2.62. The van der Waals surface area contributed by atoms with E-state index in [1.807, 2.05) is 0 Å². The standard InChI is InChI=1S/C9H18N2O4S/c10-4-3-8-2-1-5-11(6-8)16(14,15)7-9(12)13/h8H,1-7,10H2,(H,12,13). The lowest BCUT2D eigenvalue weighted by Crippen LogP contribution is -2.42. The van der Waals surface area contributed by atoms with E-state index in [4.69, 9.17) is 10.8 Å². The number of nitrogens with zero attached hydrogens (tertiary/aromatic N) is 1. The molecular formula is C9H18N2O4S. The van der Waals surface area contributed by atoms with E-state index in [2.05, 4.69) is 0 Å². The van der Waals surface area contributed by atoms with Gasteiger partial charge in [-0.2, -0.15) is 0 Å². The number of hydrogen-bond acceptors (Lipinski definition) is 4. The quantitative estimate of drug-likeness (QED) is 0.682. The van der Waals surface area contributed by atoms with Crippen LogP contribution in [0.3, 0.4) is 0 Å². The molecule has 1 heterocycles. The van der Waals surface area contributed by atoms with Gasteiger partial charge in [0.15, 0.2) is 5.75 Å². The fourth-order valence-electron chi connectivity index (χ4n) is 2.00. The molecule has 94 valence electrons. The first-order chi connectivity index (χ1) is 7.45. The summed E-state index contributed by atoms with van der Waals surface area (Å²) in [6.45, 7) is 1.38. The second kappa shape index (κ2) is 5.60. The van der Waals surface area contributed by atoms with Crippen LogP contribution in [0.5, 0.6) is 0 Å². The molecule has 1 rings (SSSR count). The van der Waals surface area contributed by atoms with Gasteiger partial charge < -0.3 is 10.8 Å². The minimum atomic E-state index is -3.64. The molecule has 0 radical (unpaired) electrons. The predicted molar refractivity (Wildman–Crippen MR) is 59.4 cm³/mol. The number of sulfonamides is 1. The second-order valence-corrected chi connectivity index (χ2v) is 6.06. The third-order valence-corrected chi connectivity index (χ3v) is 4.49. The van der Waals surface area contributed by atoms with Crippen molar-refractivity contribution in [1.29, 1.82) is 0 Å². The van der Waals surface area contributed by atoms with Crippen LogP contribution in [-0.4, -0.2) is 49.2 Å². The number of carbonyl (C=O) groups is 1. The van der Waals surface area contributed by atoms with Crippen molar-refractivity contribution in [2.75, 3.05) is 25.4 Å². The summed E-state index contributed by atoms with van der Waals surface area (Å²) in [6, 6.07) is 0. The summed E-state index contributed by atoms with van der Waals surface area (Å²) >= 11 is 0. The molecule has 1 aliphatic heterocycles. The van der Waals surface area contributed by atoms with Crippen LogP contribution in [0.15, 0.2) is 0 Å². The Morgan fingerprint density at radius 2 is 2.19 bits per heavy atom. The molecule has 0 bridgehead atoms. The molecule has 0 spiro atoms. The number of aliphatic carboxylic acids is 1. The van der Waals surface area contributed by atoms with Gasteiger partial charge in [-0.3, -0.25) is 4.79 Å². The molecule has 6 nitrogen and oxygen atoms in total. The maximum Gasteiger partial charge on any atom is 0.320 e. The fourth-order valence-corrected chi connectivity index (χ4v) is 3.34. The molecular weight excluding hydrogens is 232 g/mol. The fraction of sp³-hybridized carbons (Fsp3) is 0.889. The minimum Gasteiger partial charge on any atom is -0.480 e. The first-order valence-corrected chi connectivity index (χ1v) is 6.96. The number of carboxylic acid groups (broad SMARTS) is 1. The molecule has 1 atom stereocenters. The van der Waals surface area contributed by atoms with Gasteiger partial charge in [-0.05, 0) is 31.7 Å². The van der Waals surface area contributed by atoms with Crippen molar-refractivity contribution in [1.82, 2.24) is 4.31 Å². The van der Waals surface area contributed by atoms with Crippen LogP contribution < -0.4 is 5.73 Å². The monoisotopic (exact) mass is 250 g/mol. The maximum absolute atomic E-state index is 11.7. The van der Waals surface area contributed by atoms with Gasteiger partial charge in [0, 0.05) is 13.1 Å². The summed E-state index contributed by atoms with van der Waals surface area (Å²) < 4.78 is 24.6. The zero-order valence-electron chi connectivity index (χ0n) is 9.13. The van der Waals surface area contributed by atoms with E-state index >= 15 is 0 Å². The number of carboxylic acids is 1. The average molecular weight is 250 g/mol. The molecule has 0 saturated carbocycles. The van der Waals surface area contributed by atoms with Crippen LogP contribution in [0.4, 0.5) is 0 Å². The Labute approximate surface area is 95.5 Å². The van der Waals surface area contributed by atoms with Crippen LogP contribution >= 0.6 is 0 Å². The molecule has 16 heavy (non-hydrogen) atoms.